The molecule has 124 valence electrons. The molecule has 3 rings (SSSR count). The second-order valence-electron chi connectivity index (χ2n) is 5.34. The van der Waals surface area contributed by atoms with Crippen molar-refractivity contribution in [1.82, 2.24) is 5.32 Å². The van der Waals surface area contributed by atoms with Gasteiger partial charge in [0, 0.05) is 14.9 Å². The molecule has 1 aliphatic rings. The van der Waals surface area contributed by atoms with Crippen LogP contribution in [0.15, 0.2) is 28.7 Å². The summed E-state index contributed by atoms with van der Waals surface area (Å²) >= 11 is 9.99. The quantitative estimate of drug-likeness (QED) is 0.661. The highest BCUT2D eigenvalue weighted by Gasteiger charge is 2.25. The van der Waals surface area contributed by atoms with Gasteiger partial charge in [0.25, 0.3) is 11.8 Å². The smallest absolute Gasteiger partial charge is 0.257 e. The Morgan fingerprint density at radius 3 is 2.58 bits per heavy atom. The molecule has 4 N–H and O–H groups in total. The number of anilines is 1. The molecule has 2 aromatic rings. The van der Waals surface area contributed by atoms with E-state index in [4.69, 9.17) is 18.0 Å². The van der Waals surface area contributed by atoms with Gasteiger partial charge in [-0.1, -0.05) is 15.9 Å². The Bertz CT molecular complexity index is 831. The van der Waals surface area contributed by atoms with Gasteiger partial charge in [-0.05, 0) is 61.3 Å². The van der Waals surface area contributed by atoms with Gasteiger partial charge >= 0.3 is 0 Å². The molecular formula is C16H14BrN3O2S2. The third-order valence-electron chi connectivity index (χ3n) is 3.73. The number of carbonyl (C=O) groups is 2. The van der Waals surface area contributed by atoms with Crippen LogP contribution >= 0.6 is 39.5 Å². The fourth-order valence-electron chi connectivity index (χ4n) is 2.66. The number of thiophene rings is 1. The summed E-state index contributed by atoms with van der Waals surface area (Å²) in [7, 11) is 0. The molecule has 0 radical (unpaired) electrons. The number of primary amides is 1. The van der Waals surface area contributed by atoms with Gasteiger partial charge in [-0.3, -0.25) is 14.9 Å². The fraction of sp³-hybridized carbons (Fsp3) is 0.188. The second-order valence-corrected chi connectivity index (χ2v) is 7.77. The molecule has 0 fully saturated rings. The lowest BCUT2D eigenvalue weighted by Crippen LogP contribution is -2.34. The van der Waals surface area contributed by atoms with Crippen LogP contribution in [-0.4, -0.2) is 16.9 Å². The van der Waals surface area contributed by atoms with Crippen molar-refractivity contribution in [3.8, 4) is 0 Å². The Labute approximate surface area is 156 Å². The largest absolute Gasteiger partial charge is 0.365 e. The number of carbonyl (C=O) groups excluding carboxylic acids is 2. The third kappa shape index (κ3) is 3.50. The number of rotatable bonds is 3. The van der Waals surface area contributed by atoms with Crippen LogP contribution in [0, 0.1) is 0 Å². The number of aryl methyl sites for hydroxylation is 1. The van der Waals surface area contributed by atoms with Crippen molar-refractivity contribution in [1.29, 1.82) is 0 Å². The standard InChI is InChI=1S/C16H14BrN3O2S2/c17-9-6-4-8(5-7-9)14(22)19-16(23)20-15-12(13(18)21)10-2-1-3-11(10)24-15/h4-7H,1-3H2,(H2,18,21)(H2,19,20,22,23). The number of thiocarbonyl (C=S) groups is 1. The molecule has 24 heavy (non-hydrogen) atoms. The Balaban J connectivity index is 1.72. The summed E-state index contributed by atoms with van der Waals surface area (Å²) in [5.41, 5.74) is 7.50. The minimum atomic E-state index is -0.473. The molecule has 1 aromatic carbocycles. The van der Waals surface area contributed by atoms with Crippen LogP contribution in [0.1, 0.15) is 37.6 Å². The zero-order chi connectivity index (χ0) is 17.3. The number of amides is 2. The Morgan fingerprint density at radius 1 is 1.21 bits per heavy atom. The topological polar surface area (TPSA) is 84.2 Å². The lowest BCUT2D eigenvalue weighted by Gasteiger charge is -2.10. The van der Waals surface area contributed by atoms with Gasteiger partial charge in [-0.25, -0.2) is 0 Å². The maximum atomic E-state index is 12.2. The molecule has 0 bridgehead atoms. The number of hydrogen-bond donors (Lipinski definition) is 3. The molecule has 5 nitrogen and oxygen atoms in total. The summed E-state index contributed by atoms with van der Waals surface area (Å²) in [4.78, 5) is 25.1. The number of fused-ring (bicyclic) bond motifs is 1. The minimum absolute atomic E-state index is 0.144. The molecule has 1 aromatic heterocycles. The number of benzene rings is 1. The van der Waals surface area contributed by atoms with Crippen molar-refractivity contribution in [2.24, 2.45) is 5.73 Å². The molecule has 2 amide bonds. The fourth-order valence-corrected chi connectivity index (χ4v) is 4.49. The van der Waals surface area contributed by atoms with E-state index in [9.17, 15) is 9.59 Å². The predicted octanol–water partition coefficient (Wildman–Crippen LogP) is 3.23. The number of nitrogens with one attached hydrogen (secondary N) is 2. The lowest BCUT2D eigenvalue weighted by molar-refractivity contribution is 0.0975. The molecule has 0 saturated carbocycles. The average Bonchev–Trinajstić information content (AvgIpc) is 3.07. The summed E-state index contributed by atoms with van der Waals surface area (Å²) in [5.74, 6) is -0.788. The van der Waals surface area contributed by atoms with Crippen molar-refractivity contribution >= 4 is 61.4 Å². The number of hydrogen-bond acceptors (Lipinski definition) is 4. The maximum Gasteiger partial charge on any atom is 0.257 e. The second kappa shape index (κ2) is 7.00. The zero-order valence-corrected chi connectivity index (χ0v) is 15.7. The molecule has 1 heterocycles. The first-order valence-electron chi connectivity index (χ1n) is 7.28. The Kier molecular flexibility index (Phi) is 4.98. The molecule has 0 spiro atoms. The first-order valence-corrected chi connectivity index (χ1v) is 9.29. The van der Waals surface area contributed by atoms with Gasteiger partial charge in [0.1, 0.15) is 5.00 Å². The summed E-state index contributed by atoms with van der Waals surface area (Å²) in [6.45, 7) is 0. The van der Waals surface area contributed by atoms with Crippen molar-refractivity contribution in [2.45, 2.75) is 19.3 Å². The van der Waals surface area contributed by atoms with Gasteiger partial charge in [0.2, 0.25) is 0 Å². The van der Waals surface area contributed by atoms with Gasteiger partial charge in [-0.15, -0.1) is 11.3 Å². The minimum Gasteiger partial charge on any atom is -0.365 e. The molecule has 0 aliphatic heterocycles. The molecule has 0 atom stereocenters. The monoisotopic (exact) mass is 423 g/mol. The van der Waals surface area contributed by atoms with Gasteiger partial charge in [-0.2, -0.15) is 0 Å². The highest BCUT2D eigenvalue weighted by molar-refractivity contribution is 9.10. The zero-order valence-electron chi connectivity index (χ0n) is 12.5. The first kappa shape index (κ1) is 17.1. The van der Waals surface area contributed by atoms with Crippen LogP contribution in [0.25, 0.3) is 0 Å². The first-order chi connectivity index (χ1) is 11.5. The van der Waals surface area contributed by atoms with E-state index in [2.05, 4.69) is 26.6 Å². The van der Waals surface area contributed by atoms with E-state index in [0.717, 1.165) is 34.2 Å². The highest BCUT2D eigenvalue weighted by Crippen LogP contribution is 2.38. The van der Waals surface area contributed by atoms with Crippen molar-refractivity contribution in [3.63, 3.8) is 0 Å². The van der Waals surface area contributed by atoms with Gasteiger partial charge < -0.3 is 11.1 Å². The van der Waals surface area contributed by atoms with Crippen molar-refractivity contribution in [3.05, 3.63) is 50.3 Å². The van der Waals surface area contributed by atoms with Gasteiger partial charge in [0.15, 0.2) is 5.11 Å². The van der Waals surface area contributed by atoms with Crippen LogP contribution in [0.5, 0.6) is 0 Å². The molecule has 0 saturated heterocycles. The third-order valence-corrected chi connectivity index (χ3v) is 5.67. The average molecular weight is 424 g/mol. The molecule has 0 unspecified atom stereocenters. The van der Waals surface area contributed by atoms with E-state index in [1.807, 2.05) is 0 Å². The van der Waals surface area contributed by atoms with E-state index in [1.54, 1.807) is 24.3 Å². The highest BCUT2D eigenvalue weighted by atomic mass is 79.9. The van der Waals surface area contributed by atoms with Crippen LogP contribution in [0.2, 0.25) is 0 Å². The van der Waals surface area contributed by atoms with E-state index in [0.29, 0.717) is 16.1 Å². The molecular weight excluding hydrogens is 410 g/mol. The van der Waals surface area contributed by atoms with E-state index >= 15 is 0 Å². The number of nitrogens with two attached hydrogens (primary N) is 1. The Morgan fingerprint density at radius 2 is 1.92 bits per heavy atom. The van der Waals surface area contributed by atoms with Crippen LogP contribution in [0.3, 0.4) is 0 Å². The normalized spacial score (nSPS) is 12.5. The van der Waals surface area contributed by atoms with Crippen LogP contribution < -0.4 is 16.4 Å². The lowest BCUT2D eigenvalue weighted by atomic mass is 10.1. The van der Waals surface area contributed by atoms with Gasteiger partial charge in [0.05, 0.1) is 5.56 Å². The van der Waals surface area contributed by atoms with Crippen LogP contribution in [-0.2, 0) is 12.8 Å². The van der Waals surface area contributed by atoms with Crippen LogP contribution in [0.4, 0.5) is 5.00 Å². The summed E-state index contributed by atoms with van der Waals surface area (Å²) < 4.78 is 0.888. The van der Waals surface area contributed by atoms with Crippen molar-refractivity contribution < 1.29 is 9.59 Å². The summed E-state index contributed by atoms with van der Waals surface area (Å²) in [6, 6.07) is 6.94. The number of halogens is 1. The predicted molar refractivity (Wildman–Crippen MR) is 103 cm³/mol. The molecule has 1 aliphatic carbocycles. The molecule has 8 heteroatoms. The van der Waals surface area contributed by atoms with E-state index in [-0.39, 0.29) is 11.0 Å². The van der Waals surface area contributed by atoms with E-state index < -0.39 is 5.91 Å². The maximum absolute atomic E-state index is 12.2. The van der Waals surface area contributed by atoms with Crippen molar-refractivity contribution in [2.75, 3.05) is 5.32 Å². The Hall–Kier alpha value is -1.77. The SMILES string of the molecule is NC(=O)c1c(NC(=S)NC(=O)c2ccc(Br)cc2)sc2c1CCC2. The van der Waals surface area contributed by atoms with E-state index in [1.165, 1.54) is 11.3 Å². The summed E-state index contributed by atoms with van der Waals surface area (Å²) in [6.07, 6.45) is 2.83. The summed E-state index contributed by atoms with van der Waals surface area (Å²) in [5, 5.41) is 6.31.